The van der Waals surface area contributed by atoms with E-state index in [-0.39, 0.29) is 28.8 Å². The minimum absolute atomic E-state index is 0.101. The number of hydrogen-bond acceptors (Lipinski definition) is 7. The predicted molar refractivity (Wildman–Crippen MR) is 88.9 cm³/mol. The van der Waals surface area contributed by atoms with Gasteiger partial charge in [-0.1, -0.05) is 0 Å². The van der Waals surface area contributed by atoms with Crippen LogP contribution in [0.4, 0.5) is 5.69 Å². The number of amides is 1. The quantitative estimate of drug-likeness (QED) is 0.634. The Kier molecular flexibility index (Phi) is 5.35. The van der Waals surface area contributed by atoms with E-state index in [1.54, 1.807) is 6.92 Å². The summed E-state index contributed by atoms with van der Waals surface area (Å²) in [5.41, 5.74) is 0.247. The molecule has 0 saturated heterocycles. The maximum absolute atomic E-state index is 12.5. The summed E-state index contributed by atoms with van der Waals surface area (Å²) in [7, 11) is 2.76. The smallest absolute Gasteiger partial charge is 0.286 e. The molecule has 8 nitrogen and oxygen atoms in total. The number of nitrogens with zero attached hydrogens (tertiary/aromatic N) is 2. The number of aryl methyl sites for hydroxylation is 1. The Hall–Kier alpha value is -2.68. The Morgan fingerprint density at radius 1 is 1.33 bits per heavy atom. The molecule has 0 radical (unpaired) electrons. The Morgan fingerprint density at radius 2 is 1.96 bits per heavy atom. The third kappa shape index (κ3) is 3.62. The molecular weight excluding hydrogens is 334 g/mol. The highest BCUT2D eigenvalue weighted by Crippen LogP contribution is 2.34. The van der Waals surface area contributed by atoms with E-state index in [1.165, 1.54) is 37.7 Å². The lowest BCUT2D eigenvalue weighted by atomic mass is 10.1. The van der Waals surface area contributed by atoms with Crippen molar-refractivity contribution >= 4 is 22.9 Å². The van der Waals surface area contributed by atoms with Gasteiger partial charge < -0.3 is 14.8 Å². The first-order valence-electron chi connectivity index (χ1n) is 7.00. The fourth-order valence-corrected chi connectivity index (χ4v) is 2.83. The highest BCUT2D eigenvalue weighted by molar-refractivity contribution is 7.09. The van der Waals surface area contributed by atoms with Gasteiger partial charge in [0.2, 0.25) is 0 Å². The van der Waals surface area contributed by atoms with Gasteiger partial charge in [-0.3, -0.25) is 14.9 Å². The number of hydrogen-bond donors (Lipinski definition) is 1. The molecule has 0 spiro atoms. The summed E-state index contributed by atoms with van der Waals surface area (Å²) < 4.78 is 10.2. The van der Waals surface area contributed by atoms with Crippen molar-refractivity contribution in [3.63, 3.8) is 0 Å². The van der Waals surface area contributed by atoms with E-state index >= 15 is 0 Å². The molecule has 1 aromatic heterocycles. The van der Waals surface area contributed by atoms with Crippen molar-refractivity contribution in [1.82, 2.24) is 10.3 Å². The topological polar surface area (TPSA) is 104 Å². The van der Waals surface area contributed by atoms with Crippen LogP contribution in [0.2, 0.25) is 0 Å². The highest BCUT2D eigenvalue weighted by Gasteiger charge is 2.26. The molecule has 1 N–H and O–H groups in total. The molecule has 1 atom stereocenters. The van der Waals surface area contributed by atoms with Gasteiger partial charge >= 0.3 is 0 Å². The van der Waals surface area contributed by atoms with Crippen molar-refractivity contribution in [2.75, 3.05) is 14.2 Å². The Morgan fingerprint density at radius 3 is 2.46 bits per heavy atom. The molecular formula is C15H17N3O5S. The van der Waals surface area contributed by atoms with E-state index in [0.29, 0.717) is 5.69 Å². The summed E-state index contributed by atoms with van der Waals surface area (Å²) in [5.74, 6) is -0.157. The molecule has 128 valence electrons. The van der Waals surface area contributed by atoms with Gasteiger partial charge in [-0.2, -0.15) is 0 Å². The third-order valence-electron chi connectivity index (χ3n) is 3.37. The maximum atomic E-state index is 12.5. The summed E-state index contributed by atoms with van der Waals surface area (Å²) in [6.07, 6.45) is 0. The van der Waals surface area contributed by atoms with Crippen LogP contribution in [-0.2, 0) is 0 Å². The van der Waals surface area contributed by atoms with Gasteiger partial charge in [-0.25, -0.2) is 4.98 Å². The predicted octanol–water partition coefficient (Wildman–Crippen LogP) is 2.87. The fourth-order valence-electron chi connectivity index (χ4n) is 2.13. The van der Waals surface area contributed by atoms with Crippen LogP contribution in [0.1, 0.15) is 34.0 Å². The number of rotatable bonds is 6. The number of aromatic nitrogens is 1. The number of benzene rings is 1. The summed E-state index contributed by atoms with van der Waals surface area (Å²) >= 11 is 1.47. The summed E-state index contributed by atoms with van der Waals surface area (Å²) in [6, 6.07) is 2.09. The third-order valence-corrected chi connectivity index (χ3v) is 4.16. The normalized spacial score (nSPS) is 11.7. The first kappa shape index (κ1) is 17.7. The molecule has 0 aliphatic rings. The fraction of sp³-hybridized carbons (Fsp3) is 0.333. The summed E-state index contributed by atoms with van der Waals surface area (Å²) in [4.78, 5) is 27.4. The van der Waals surface area contributed by atoms with E-state index < -0.39 is 10.8 Å². The van der Waals surface area contributed by atoms with E-state index in [0.717, 1.165) is 5.01 Å². The summed E-state index contributed by atoms with van der Waals surface area (Å²) in [5, 5.41) is 16.7. The van der Waals surface area contributed by atoms with Crippen LogP contribution in [0.5, 0.6) is 11.5 Å². The molecule has 1 heterocycles. The lowest BCUT2D eigenvalue weighted by molar-refractivity contribution is -0.385. The van der Waals surface area contributed by atoms with Crippen molar-refractivity contribution < 1.29 is 19.2 Å². The lowest BCUT2D eigenvalue weighted by Gasteiger charge is -2.14. The molecule has 1 unspecified atom stereocenters. The minimum atomic E-state index is -0.630. The number of carbonyl (C=O) groups is 1. The zero-order valence-corrected chi connectivity index (χ0v) is 14.5. The number of methoxy groups -OCH3 is 2. The molecule has 9 heteroatoms. The van der Waals surface area contributed by atoms with E-state index in [1.807, 2.05) is 12.3 Å². The SMILES string of the molecule is COc1cc(C(=O)NC(C)c2csc(C)n2)c([N+](=O)[O-])cc1OC. The van der Waals surface area contributed by atoms with Gasteiger partial charge in [-0.15, -0.1) is 11.3 Å². The average molecular weight is 351 g/mol. The maximum Gasteiger partial charge on any atom is 0.286 e. The van der Waals surface area contributed by atoms with E-state index in [9.17, 15) is 14.9 Å². The van der Waals surface area contributed by atoms with Crippen LogP contribution in [0.25, 0.3) is 0 Å². The highest BCUT2D eigenvalue weighted by atomic mass is 32.1. The Balaban J connectivity index is 2.35. The van der Waals surface area contributed by atoms with Crippen LogP contribution < -0.4 is 14.8 Å². The standard InChI is InChI=1S/C15H17N3O5S/c1-8(11-7-24-9(2)17-11)16-15(19)10-5-13(22-3)14(23-4)6-12(10)18(20)21/h5-8H,1-4H3,(H,16,19). The van der Waals surface area contributed by atoms with Gasteiger partial charge in [0, 0.05) is 11.4 Å². The zero-order valence-electron chi connectivity index (χ0n) is 13.7. The molecule has 0 saturated carbocycles. The van der Waals surface area contributed by atoms with Crippen LogP contribution in [0.15, 0.2) is 17.5 Å². The van der Waals surface area contributed by atoms with Crippen molar-refractivity contribution in [3.8, 4) is 11.5 Å². The molecule has 24 heavy (non-hydrogen) atoms. The molecule has 1 amide bonds. The van der Waals surface area contributed by atoms with Crippen LogP contribution >= 0.6 is 11.3 Å². The van der Waals surface area contributed by atoms with Crippen LogP contribution in [-0.4, -0.2) is 30.0 Å². The van der Waals surface area contributed by atoms with Gasteiger partial charge in [0.25, 0.3) is 11.6 Å². The molecule has 0 aliphatic carbocycles. The van der Waals surface area contributed by atoms with Crippen molar-refractivity contribution in [1.29, 1.82) is 0 Å². The van der Waals surface area contributed by atoms with Crippen LogP contribution in [0.3, 0.4) is 0 Å². The van der Waals surface area contributed by atoms with Gasteiger partial charge in [0.05, 0.1) is 42.0 Å². The number of nitro groups is 1. The largest absolute Gasteiger partial charge is 0.493 e. The second-order valence-electron chi connectivity index (χ2n) is 4.97. The molecule has 1 aromatic carbocycles. The van der Waals surface area contributed by atoms with Crippen molar-refractivity contribution in [2.24, 2.45) is 0 Å². The molecule has 0 fully saturated rings. The van der Waals surface area contributed by atoms with Gasteiger partial charge in [0.1, 0.15) is 5.56 Å². The van der Waals surface area contributed by atoms with Crippen LogP contribution in [0, 0.1) is 17.0 Å². The number of thiazole rings is 1. The Labute approximate surface area is 142 Å². The molecule has 0 aliphatic heterocycles. The molecule has 2 rings (SSSR count). The minimum Gasteiger partial charge on any atom is -0.493 e. The monoisotopic (exact) mass is 351 g/mol. The summed E-state index contributed by atoms with van der Waals surface area (Å²) in [6.45, 7) is 3.63. The van der Waals surface area contributed by atoms with Gasteiger partial charge in [-0.05, 0) is 13.8 Å². The second-order valence-corrected chi connectivity index (χ2v) is 6.03. The molecule has 2 aromatic rings. The number of nitro benzene ring substituents is 1. The second kappa shape index (κ2) is 7.26. The lowest BCUT2D eigenvalue weighted by Crippen LogP contribution is -2.27. The number of nitrogens with one attached hydrogen (secondary N) is 1. The first-order chi connectivity index (χ1) is 11.4. The van der Waals surface area contributed by atoms with Crippen molar-refractivity contribution in [2.45, 2.75) is 19.9 Å². The number of carbonyl (C=O) groups excluding carboxylic acids is 1. The molecule has 0 bridgehead atoms. The number of ether oxygens (including phenoxy) is 2. The van der Waals surface area contributed by atoms with E-state index in [4.69, 9.17) is 9.47 Å². The Bertz CT molecular complexity index is 774. The van der Waals surface area contributed by atoms with Gasteiger partial charge in [0.15, 0.2) is 11.5 Å². The van der Waals surface area contributed by atoms with E-state index in [2.05, 4.69) is 10.3 Å². The first-order valence-corrected chi connectivity index (χ1v) is 7.88. The van der Waals surface area contributed by atoms with Crippen molar-refractivity contribution in [3.05, 3.63) is 43.9 Å². The zero-order chi connectivity index (χ0) is 17.9. The average Bonchev–Trinajstić information content (AvgIpc) is 2.99.